The predicted octanol–water partition coefficient (Wildman–Crippen LogP) is 12.4. The molecular formula is C52H37BN2O2. The summed E-state index contributed by atoms with van der Waals surface area (Å²) in [5.41, 5.74) is 16.3. The molecule has 0 bridgehead atoms. The van der Waals surface area contributed by atoms with E-state index in [4.69, 9.17) is 9.15 Å². The van der Waals surface area contributed by atoms with Gasteiger partial charge in [0.15, 0.2) is 11.5 Å². The van der Waals surface area contributed by atoms with E-state index in [0.717, 1.165) is 50.9 Å². The van der Waals surface area contributed by atoms with Gasteiger partial charge in [-0.15, -0.1) is 0 Å². The molecule has 0 N–H and O–H groups in total. The van der Waals surface area contributed by atoms with Crippen LogP contribution in [-0.4, -0.2) is 6.71 Å². The van der Waals surface area contributed by atoms with Gasteiger partial charge in [0.1, 0.15) is 11.3 Å². The van der Waals surface area contributed by atoms with Gasteiger partial charge >= 0.3 is 0 Å². The molecule has 0 unspecified atom stereocenters. The lowest BCUT2D eigenvalue weighted by Gasteiger charge is -2.46. The predicted molar refractivity (Wildman–Crippen MR) is 237 cm³/mol. The van der Waals surface area contributed by atoms with Crippen molar-refractivity contribution in [3.8, 4) is 33.9 Å². The highest BCUT2D eigenvalue weighted by atomic mass is 16.5. The molecule has 0 aliphatic carbocycles. The van der Waals surface area contributed by atoms with Gasteiger partial charge in [0.05, 0.1) is 11.4 Å². The molecule has 0 amide bonds. The number of fused-ring (bicyclic) bond motifs is 8. The number of furan rings is 1. The van der Waals surface area contributed by atoms with Crippen LogP contribution in [0, 0.1) is 0 Å². The molecule has 9 aromatic rings. The largest absolute Gasteiger partial charge is 0.456 e. The third-order valence-electron chi connectivity index (χ3n) is 12.1. The lowest BCUT2D eigenvalue weighted by Crippen LogP contribution is -2.61. The van der Waals surface area contributed by atoms with Gasteiger partial charge in [-0.2, -0.15) is 0 Å². The van der Waals surface area contributed by atoms with E-state index in [1.165, 1.54) is 60.9 Å². The first-order valence-corrected chi connectivity index (χ1v) is 19.8. The Bertz CT molecular complexity index is 3070. The molecular weight excluding hydrogens is 695 g/mol. The molecule has 1 aromatic heterocycles. The molecule has 0 radical (unpaired) electrons. The molecule has 12 rings (SSSR count). The van der Waals surface area contributed by atoms with Gasteiger partial charge in [-0.25, -0.2) is 0 Å². The van der Waals surface area contributed by atoms with Crippen LogP contribution in [0.15, 0.2) is 174 Å². The van der Waals surface area contributed by atoms with E-state index in [1.807, 2.05) is 12.1 Å². The number of nitrogens with zero attached hydrogens (tertiary/aromatic N) is 2. The van der Waals surface area contributed by atoms with Crippen molar-refractivity contribution in [3.63, 3.8) is 0 Å². The molecule has 0 fully saturated rings. The molecule has 4 heterocycles. The van der Waals surface area contributed by atoms with E-state index in [9.17, 15) is 0 Å². The second-order valence-corrected chi connectivity index (χ2v) is 16.6. The van der Waals surface area contributed by atoms with Crippen LogP contribution < -0.4 is 30.9 Å². The molecule has 0 atom stereocenters. The third-order valence-corrected chi connectivity index (χ3v) is 12.1. The van der Waals surface area contributed by atoms with Gasteiger partial charge in [0, 0.05) is 33.7 Å². The first kappa shape index (κ1) is 32.3. The van der Waals surface area contributed by atoms with E-state index < -0.39 is 0 Å². The van der Waals surface area contributed by atoms with Gasteiger partial charge < -0.3 is 19.0 Å². The van der Waals surface area contributed by atoms with Crippen molar-refractivity contribution in [1.29, 1.82) is 0 Å². The second-order valence-electron chi connectivity index (χ2n) is 16.6. The van der Waals surface area contributed by atoms with Crippen LogP contribution in [-0.2, 0) is 5.41 Å². The molecule has 57 heavy (non-hydrogen) atoms. The van der Waals surface area contributed by atoms with Crippen molar-refractivity contribution in [2.24, 2.45) is 0 Å². The third kappa shape index (κ3) is 4.82. The van der Waals surface area contributed by atoms with Crippen LogP contribution in [0.3, 0.4) is 0 Å². The van der Waals surface area contributed by atoms with Crippen LogP contribution in [0.4, 0.5) is 34.1 Å². The molecule has 5 heteroatoms. The van der Waals surface area contributed by atoms with E-state index in [-0.39, 0.29) is 12.1 Å². The number of hydrogen-bond donors (Lipinski definition) is 0. The van der Waals surface area contributed by atoms with Crippen LogP contribution in [0.2, 0.25) is 0 Å². The molecule has 0 saturated heterocycles. The fourth-order valence-corrected chi connectivity index (χ4v) is 9.40. The summed E-state index contributed by atoms with van der Waals surface area (Å²) in [7, 11) is 0. The lowest BCUT2D eigenvalue weighted by molar-refractivity contribution is 0.477. The summed E-state index contributed by atoms with van der Waals surface area (Å²) in [6.07, 6.45) is 0. The molecule has 4 nitrogen and oxygen atoms in total. The minimum absolute atomic E-state index is 0.0364. The Morgan fingerprint density at radius 3 is 2.05 bits per heavy atom. The standard InChI is InChI=1S/C52H37BN2O2/c1-52(2,3)38-22-24-39(25-23-38)54-43-28-33-20-21-35(49-31-34-14-7-9-17-46(34)56-49)26-36(33)27-41(43)53-40-15-11-19-48-51(40)55(42-16-8-10-18-47(42)57-48)45-30-37(29-44(54)50(45)53)32-12-5-4-6-13-32/h4-31H,1-3H3. The van der Waals surface area contributed by atoms with Gasteiger partial charge in [-0.1, -0.05) is 124 Å². The Balaban J connectivity index is 1.17. The molecule has 270 valence electrons. The number of rotatable bonds is 3. The van der Waals surface area contributed by atoms with Gasteiger partial charge in [0.25, 0.3) is 6.71 Å². The minimum Gasteiger partial charge on any atom is -0.456 e. The number of anilines is 6. The maximum Gasteiger partial charge on any atom is 0.252 e. The Morgan fingerprint density at radius 1 is 0.474 bits per heavy atom. The number of ether oxygens (including phenoxy) is 1. The zero-order valence-corrected chi connectivity index (χ0v) is 32.0. The number of para-hydroxylation sites is 4. The zero-order valence-electron chi connectivity index (χ0n) is 32.0. The van der Waals surface area contributed by atoms with Crippen molar-refractivity contribution in [2.75, 3.05) is 9.80 Å². The normalized spacial score (nSPS) is 13.6. The van der Waals surface area contributed by atoms with E-state index in [1.54, 1.807) is 0 Å². The molecule has 3 aliphatic heterocycles. The van der Waals surface area contributed by atoms with E-state index in [0.29, 0.717) is 0 Å². The summed E-state index contributed by atoms with van der Waals surface area (Å²) >= 11 is 0. The first-order chi connectivity index (χ1) is 27.9. The molecule has 3 aliphatic rings. The fraction of sp³-hybridized carbons (Fsp3) is 0.0769. The first-order valence-electron chi connectivity index (χ1n) is 19.8. The summed E-state index contributed by atoms with van der Waals surface area (Å²) < 4.78 is 13.1. The minimum atomic E-state index is -0.0424. The Kier molecular flexibility index (Phi) is 6.67. The average Bonchev–Trinajstić information content (AvgIpc) is 3.68. The van der Waals surface area contributed by atoms with E-state index >= 15 is 0 Å². The lowest BCUT2D eigenvalue weighted by atomic mass is 9.33. The smallest absolute Gasteiger partial charge is 0.252 e. The Labute approximate surface area is 332 Å². The van der Waals surface area contributed by atoms with Crippen molar-refractivity contribution < 1.29 is 9.15 Å². The zero-order chi connectivity index (χ0) is 38.0. The Morgan fingerprint density at radius 2 is 1.23 bits per heavy atom. The SMILES string of the molecule is CC(C)(C)c1ccc(N2c3cc4ccc(-c5cc6ccccc6o5)cc4cc3B3c4cccc5c4N(c4ccccc4O5)c4cc(-c5ccccc5)cc2c43)cc1. The Hall–Kier alpha value is -6.98. The summed E-state index contributed by atoms with van der Waals surface area (Å²) in [4.78, 5) is 4.97. The maximum absolute atomic E-state index is 6.71. The van der Waals surface area contributed by atoms with Crippen molar-refractivity contribution in [2.45, 2.75) is 26.2 Å². The molecule has 0 saturated carbocycles. The second kappa shape index (κ2) is 11.8. The summed E-state index contributed by atoms with van der Waals surface area (Å²) in [5, 5.41) is 3.46. The van der Waals surface area contributed by atoms with Crippen molar-refractivity contribution in [3.05, 3.63) is 175 Å². The fourth-order valence-electron chi connectivity index (χ4n) is 9.40. The van der Waals surface area contributed by atoms with Crippen LogP contribution in [0.5, 0.6) is 11.5 Å². The summed E-state index contributed by atoms with van der Waals surface area (Å²) in [6, 6.07) is 61.7. The van der Waals surface area contributed by atoms with Crippen LogP contribution in [0.25, 0.3) is 44.2 Å². The van der Waals surface area contributed by atoms with Crippen molar-refractivity contribution >= 4 is 79.0 Å². The molecule has 8 aromatic carbocycles. The monoisotopic (exact) mass is 732 g/mol. The topological polar surface area (TPSA) is 28.9 Å². The van der Waals surface area contributed by atoms with Gasteiger partial charge in [-0.05, 0) is 116 Å². The maximum atomic E-state index is 6.71. The highest BCUT2D eigenvalue weighted by Crippen LogP contribution is 2.53. The number of benzene rings is 8. The highest BCUT2D eigenvalue weighted by Gasteiger charge is 2.46. The van der Waals surface area contributed by atoms with E-state index in [2.05, 4.69) is 188 Å². The average molecular weight is 733 g/mol. The highest BCUT2D eigenvalue weighted by molar-refractivity contribution is 7.00. The quantitative estimate of drug-likeness (QED) is 0.169. The van der Waals surface area contributed by atoms with Gasteiger partial charge in [0.2, 0.25) is 0 Å². The van der Waals surface area contributed by atoms with Crippen molar-refractivity contribution in [1.82, 2.24) is 0 Å². The van der Waals surface area contributed by atoms with Gasteiger partial charge in [-0.3, -0.25) is 0 Å². The van der Waals surface area contributed by atoms with Crippen LogP contribution in [0.1, 0.15) is 26.3 Å². The summed E-state index contributed by atoms with van der Waals surface area (Å²) in [6.45, 7) is 6.79. The number of hydrogen-bond acceptors (Lipinski definition) is 4. The molecule has 0 spiro atoms. The summed E-state index contributed by atoms with van der Waals surface area (Å²) in [5.74, 6) is 2.60. The van der Waals surface area contributed by atoms with Crippen LogP contribution >= 0.6 is 0 Å².